The van der Waals surface area contributed by atoms with E-state index in [0.29, 0.717) is 0 Å². The van der Waals surface area contributed by atoms with Crippen molar-refractivity contribution in [3.63, 3.8) is 0 Å². The normalized spacial score (nSPS) is 0. The quantitative estimate of drug-likeness (QED) is 0.439. The van der Waals surface area contributed by atoms with Crippen LogP contribution in [0.15, 0.2) is 0 Å². The summed E-state index contributed by atoms with van der Waals surface area (Å²) in [6.07, 6.45) is 0. The minimum atomic E-state index is 0. The Morgan fingerprint density at radius 1 is 0.500 bits per heavy atom. The van der Waals surface area contributed by atoms with Gasteiger partial charge in [0.25, 0.3) is 0 Å². The van der Waals surface area contributed by atoms with E-state index in [9.17, 15) is 0 Å². The molecule has 1 radical (unpaired) electrons. The first-order chi connectivity index (χ1) is 0. The number of rotatable bonds is 0. The molecular formula is H9N3Ru+3. The first kappa shape index (κ1) is 218. The second-order valence-corrected chi connectivity index (χ2v) is 0. The molecule has 0 heterocycles. The SMILES string of the molecule is N.N.N.[Ru+3]. The Morgan fingerprint density at radius 2 is 0.500 bits per heavy atom. The molecule has 0 aliphatic heterocycles. The molecule has 4 heavy (non-hydrogen) atoms. The summed E-state index contributed by atoms with van der Waals surface area (Å²) in [6, 6.07) is 0. The van der Waals surface area contributed by atoms with Crippen molar-refractivity contribution in [3.8, 4) is 0 Å². The summed E-state index contributed by atoms with van der Waals surface area (Å²) >= 11 is 0. The molecule has 4 heteroatoms. The molecule has 9 N–H and O–H groups in total. The van der Waals surface area contributed by atoms with Crippen LogP contribution < -0.4 is 18.5 Å². The van der Waals surface area contributed by atoms with E-state index >= 15 is 0 Å². The Kier molecular flexibility index (Phi) is 4730. The van der Waals surface area contributed by atoms with Crippen LogP contribution >= 0.6 is 0 Å². The predicted molar refractivity (Wildman–Crippen MR) is 15.1 cm³/mol. The summed E-state index contributed by atoms with van der Waals surface area (Å²) in [5.74, 6) is 0. The van der Waals surface area contributed by atoms with Crippen molar-refractivity contribution in [3.05, 3.63) is 0 Å². The van der Waals surface area contributed by atoms with E-state index in [0.717, 1.165) is 0 Å². The molecule has 0 aromatic rings. The van der Waals surface area contributed by atoms with E-state index in [-0.39, 0.29) is 37.9 Å². The van der Waals surface area contributed by atoms with Gasteiger partial charge in [-0.3, -0.25) is 0 Å². The maximum absolute atomic E-state index is 0. The molecule has 0 aromatic heterocycles. The minimum Gasteiger partial charge on any atom is -0.344 e. The molecular weight excluding hydrogens is 143 g/mol. The van der Waals surface area contributed by atoms with Gasteiger partial charge in [-0.15, -0.1) is 0 Å². The van der Waals surface area contributed by atoms with Crippen molar-refractivity contribution in [2.24, 2.45) is 0 Å². The van der Waals surface area contributed by atoms with Gasteiger partial charge in [0, 0.05) is 0 Å². The van der Waals surface area contributed by atoms with Crippen molar-refractivity contribution in [1.29, 1.82) is 0 Å². The Hall–Kier alpha value is 0.503. The number of hydrogen-bond acceptors (Lipinski definition) is 3. The smallest absolute Gasteiger partial charge is 0.344 e. The average Bonchev–Trinajstić information content (AvgIpc) is 0. The van der Waals surface area contributed by atoms with Gasteiger partial charge in [0.1, 0.15) is 0 Å². The zero-order chi connectivity index (χ0) is 0. The van der Waals surface area contributed by atoms with Crippen LogP contribution in [-0.4, -0.2) is 0 Å². The van der Waals surface area contributed by atoms with E-state index in [2.05, 4.69) is 0 Å². The van der Waals surface area contributed by atoms with Gasteiger partial charge in [0.2, 0.25) is 0 Å². The van der Waals surface area contributed by atoms with Crippen molar-refractivity contribution >= 4 is 0 Å². The average molecular weight is 152 g/mol. The second kappa shape index (κ2) is 86.6. The molecule has 0 aliphatic carbocycles. The zero-order valence-electron chi connectivity index (χ0n) is 2.47. The predicted octanol–water partition coefficient (Wildman–Crippen LogP) is 0.483. The van der Waals surface area contributed by atoms with Crippen LogP contribution in [0.1, 0.15) is 0 Å². The molecule has 29 valence electrons. The van der Waals surface area contributed by atoms with E-state index in [1.165, 1.54) is 0 Å². The molecule has 0 atom stereocenters. The summed E-state index contributed by atoms with van der Waals surface area (Å²) in [5.41, 5.74) is 0. The molecule has 0 saturated heterocycles. The fourth-order valence-electron chi connectivity index (χ4n) is 0. The summed E-state index contributed by atoms with van der Waals surface area (Å²) < 4.78 is 0. The van der Waals surface area contributed by atoms with Crippen LogP contribution in [-0.2, 0) is 19.5 Å². The van der Waals surface area contributed by atoms with Crippen molar-refractivity contribution in [2.45, 2.75) is 0 Å². The van der Waals surface area contributed by atoms with Gasteiger partial charge in [-0.05, 0) is 0 Å². The minimum absolute atomic E-state index is 0. The Balaban J connectivity index is 0. The van der Waals surface area contributed by atoms with Crippen molar-refractivity contribution < 1.29 is 19.5 Å². The maximum Gasteiger partial charge on any atom is 3.00 e. The van der Waals surface area contributed by atoms with E-state index in [4.69, 9.17) is 0 Å². The zero-order valence-corrected chi connectivity index (χ0v) is 4.21. The fraction of sp³-hybridized carbons (Fsp3) is 0. The maximum atomic E-state index is 0. The molecule has 0 fully saturated rings. The Bertz CT molecular complexity index is 3.25. The summed E-state index contributed by atoms with van der Waals surface area (Å²) in [4.78, 5) is 0. The third kappa shape index (κ3) is 22.3. The van der Waals surface area contributed by atoms with Gasteiger partial charge in [0.15, 0.2) is 0 Å². The third-order valence-electron chi connectivity index (χ3n) is 0. The van der Waals surface area contributed by atoms with Crippen LogP contribution in [0.2, 0.25) is 0 Å². The van der Waals surface area contributed by atoms with E-state index < -0.39 is 0 Å². The first-order valence-electron chi connectivity index (χ1n) is 0. The van der Waals surface area contributed by atoms with Crippen LogP contribution in [0.3, 0.4) is 0 Å². The van der Waals surface area contributed by atoms with Gasteiger partial charge in [-0.2, -0.15) is 0 Å². The molecule has 0 saturated carbocycles. The standard InChI is InChI=1S/3H3N.Ru/h3*1H3;/q;;;+3. The summed E-state index contributed by atoms with van der Waals surface area (Å²) in [6.45, 7) is 0. The van der Waals surface area contributed by atoms with E-state index in [1.54, 1.807) is 0 Å². The molecule has 0 aromatic carbocycles. The second-order valence-electron chi connectivity index (χ2n) is 0. The molecule has 0 bridgehead atoms. The fourth-order valence-corrected chi connectivity index (χ4v) is 0. The van der Waals surface area contributed by atoms with Gasteiger partial charge in [0.05, 0.1) is 0 Å². The van der Waals surface area contributed by atoms with Crippen LogP contribution in [0, 0.1) is 0 Å². The van der Waals surface area contributed by atoms with Crippen molar-refractivity contribution in [2.75, 3.05) is 0 Å². The monoisotopic (exact) mass is 153 g/mol. The largest absolute Gasteiger partial charge is 3.00 e. The molecule has 0 aliphatic rings. The van der Waals surface area contributed by atoms with E-state index in [1.807, 2.05) is 0 Å². The molecule has 3 nitrogen and oxygen atoms in total. The van der Waals surface area contributed by atoms with Gasteiger partial charge in [-0.25, -0.2) is 0 Å². The molecule has 0 spiro atoms. The van der Waals surface area contributed by atoms with Crippen LogP contribution in [0.5, 0.6) is 0 Å². The Labute approximate surface area is 38.7 Å². The van der Waals surface area contributed by atoms with Gasteiger partial charge >= 0.3 is 19.5 Å². The van der Waals surface area contributed by atoms with Gasteiger partial charge < -0.3 is 18.5 Å². The summed E-state index contributed by atoms with van der Waals surface area (Å²) in [7, 11) is 0. The molecule has 0 unspecified atom stereocenters. The molecule has 0 rings (SSSR count). The topological polar surface area (TPSA) is 105 Å². The van der Waals surface area contributed by atoms with Crippen LogP contribution in [0.25, 0.3) is 0 Å². The number of hydrogen-bond donors (Lipinski definition) is 3. The third-order valence-corrected chi connectivity index (χ3v) is 0. The Morgan fingerprint density at radius 3 is 0.500 bits per heavy atom. The van der Waals surface area contributed by atoms with Crippen molar-refractivity contribution in [1.82, 2.24) is 18.5 Å². The summed E-state index contributed by atoms with van der Waals surface area (Å²) in [5, 5.41) is 0. The van der Waals surface area contributed by atoms with Gasteiger partial charge in [-0.1, -0.05) is 0 Å². The van der Waals surface area contributed by atoms with Crippen LogP contribution in [0.4, 0.5) is 0 Å². The first-order valence-corrected chi connectivity index (χ1v) is 0. The molecule has 0 amide bonds.